The van der Waals surface area contributed by atoms with Gasteiger partial charge in [0.15, 0.2) is 0 Å². The monoisotopic (exact) mass is 337 g/mol. The van der Waals surface area contributed by atoms with Gasteiger partial charge >= 0.3 is 0 Å². The van der Waals surface area contributed by atoms with E-state index in [1.54, 1.807) is 17.7 Å². The highest BCUT2D eigenvalue weighted by Crippen LogP contribution is 2.30. The number of hydrogen-bond donors (Lipinski definition) is 1. The largest absolute Gasteiger partial charge is 0.376 e. The van der Waals surface area contributed by atoms with Gasteiger partial charge in [-0.1, -0.05) is 18.7 Å². The van der Waals surface area contributed by atoms with E-state index in [1.165, 1.54) is 16.6 Å². The fourth-order valence-corrected chi connectivity index (χ4v) is 4.19. The minimum absolute atomic E-state index is 0.0261. The van der Waals surface area contributed by atoms with Crippen LogP contribution in [0.15, 0.2) is 17.4 Å². The van der Waals surface area contributed by atoms with Crippen molar-refractivity contribution >= 4 is 39.2 Å². The van der Waals surface area contributed by atoms with E-state index in [1.807, 2.05) is 0 Å². The summed E-state index contributed by atoms with van der Waals surface area (Å²) in [5, 5.41) is 4.87. The fraction of sp³-hybridized carbons (Fsp3) is 0.533. The molecule has 3 heterocycles. The van der Waals surface area contributed by atoms with Gasteiger partial charge in [-0.25, -0.2) is 9.97 Å². The van der Waals surface area contributed by atoms with Crippen molar-refractivity contribution in [3.63, 3.8) is 0 Å². The van der Waals surface area contributed by atoms with Crippen LogP contribution in [0, 0.1) is 0 Å². The lowest BCUT2D eigenvalue weighted by Gasteiger charge is -2.10. The third-order valence-corrected chi connectivity index (χ3v) is 5.78. The first-order chi connectivity index (χ1) is 10.8. The highest BCUT2D eigenvalue weighted by atomic mass is 32.2. The second kappa shape index (κ2) is 7.39. The van der Waals surface area contributed by atoms with E-state index in [0.29, 0.717) is 12.3 Å². The summed E-state index contributed by atoms with van der Waals surface area (Å²) in [5.74, 6) is 0.397. The van der Waals surface area contributed by atoms with Crippen molar-refractivity contribution in [3.8, 4) is 0 Å². The van der Waals surface area contributed by atoms with E-state index < -0.39 is 0 Å². The number of fused-ring (bicyclic) bond motifs is 1. The normalized spacial score (nSPS) is 18.0. The second-order valence-electron chi connectivity index (χ2n) is 5.19. The van der Waals surface area contributed by atoms with E-state index in [9.17, 15) is 4.79 Å². The molecule has 5 nitrogen and oxygen atoms in total. The molecule has 2 aromatic heterocycles. The van der Waals surface area contributed by atoms with Crippen molar-refractivity contribution < 1.29 is 9.53 Å². The van der Waals surface area contributed by atoms with E-state index in [4.69, 9.17) is 4.74 Å². The van der Waals surface area contributed by atoms with E-state index in [2.05, 4.69) is 28.3 Å². The molecule has 0 radical (unpaired) electrons. The maximum absolute atomic E-state index is 11.9. The van der Waals surface area contributed by atoms with Gasteiger partial charge in [-0.15, -0.1) is 11.3 Å². The Balaban J connectivity index is 1.56. The molecule has 1 atom stereocenters. The number of amides is 1. The molecule has 1 fully saturated rings. The number of rotatable bonds is 6. The van der Waals surface area contributed by atoms with Gasteiger partial charge in [0, 0.05) is 23.4 Å². The van der Waals surface area contributed by atoms with Crippen molar-refractivity contribution in [1.29, 1.82) is 0 Å². The molecule has 0 bridgehead atoms. The molecule has 1 amide bonds. The standard InChI is InChI=1S/C15H19N3O2S2/c1-2-11-6-12-14(17-9-18-15(12)22-11)21-8-13(19)16-7-10-4-3-5-20-10/h6,9-10H,2-5,7-8H2,1H3,(H,16,19)/t10-/m1/s1. The molecule has 1 aliphatic heterocycles. The molecule has 0 saturated carbocycles. The van der Waals surface area contributed by atoms with Gasteiger partial charge in [0.05, 0.1) is 11.9 Å². The molecule has 1 saturated heterocycles. The van der Waals surface area contributed by atoms with Crippen LogP contribution in [0.4, 0.5) is 0 Å². The number of nitrogens with one attached hydrogen (secondary N) is 1. The van der Waals surface area contributed by atoms with Crippen LogP contribution in [0.2, 0.25) is 0 Å². The average molecular weight is 337 g/mol. The Morgan fingerprint density at radius 2 is 2.45 bits per heavy atom. The van der Waals surface area contributed by atoms with Crippen LogP contribution >= 0.6 is 23.1 Å². The number of carbonyl (C=O) groups is 1. The van der Waals surface area contributed by atoms with Gasteiger partial charge in [0.1, 0.15) is 16.2 Å². The van der Waals surface area contributed by atoms with Crippen LogP contribution < -0.4 is 5.32 Å². The maximum atomic E-state index is 11.9. The molecule has 1 aliphatic rings. The molecule has 3 rings (SSSR count). The summed E-state index contributed by atoms with van der Waals surface area (Å²) in [5.41, 5.74) is 0. The Bertz CT molecular complexity index is 653. The third kappa shape index (κ3) is 3.77. The number of aryl methyl sites for hydroxylation is 1. The summed E-state index contributed by atoms with van der Waals surface area (Å²) in [6.45, 7) is 3.55. The average Bonchev–Trinajstić information content (AvgIpc) is 3.19. The first-order valence-electron chi connectivity index (χ1n) is 7.50. The number of hydrogen-bond acceptors (Lipinski definition) is 6. The SMILES string of the molecule is CCc1cc2c(SCC(=O)NC[C@H]3CCCO3)ncnc2s1. The molecule has 0 unspecified atom stereocenters. The predicted octanol–water partition coefficient (Wildman–Crippen LogP) is 2.64. The lowest BCUT2D eigenvalue weighted by atomic mass is 10.2. The molecule has 2 aromatic rings. The zero-order valence-corrected chi connectivity index (χ0v) is 14.1. The van der Waals surface area contributed by atoms with Gasteiger partial charge in [0.2, 0.25) is 5.91 Å². The zero-order chi connectivity index (χ0) is 15.4. The van der Waals surface area contributed by atoms with Crippen LogP contribution in [0.1, 0.15) is 24.6 Å². The van der Waals surface area contributed by atoms with Crippen molar-refractivity contribution in [2.24, 2.45) is 0 Å². The Hall–Kier alpha value is -1.18. The molecule has 0 aliphatic carbocycles. The van der Waals surface area contributed by atoms with Gasteiger partial charge in [0.25, 0.3) is 0 Å². The molecular weight excluding hydrogens is 318 g/mol. The molecule has 22 heavy (non-hydrogen) atoms. The molecule has 0 aromatic carbocycles. The Kier molecular flexibility index (Phi) is 5.28. The topological polar surface area (TPSA) is 64.1 Å². The number of thiophene rings is 1. The summed E-state index contributed by atoms with van der Waals surface area (Å²) >= 11 is 3.16. The number of thioether (sulfide) groups is 1. The van der Waals surface area contributed by atoms with E-state index in [0.717, 1.165) is 41.1 Å². The first kappa shape index (κ1) is 15.7. The van der Waals surface area contributed by atoms with Crippen molar-refractivity contribution in [1.82, 2.24) is 15.3 Å². The summed E-state index contributed by atoms with van der Waals surface area (Å²) < 4.78 is 5.50. The van der Waals surface area contributed by atoms with E-state index >= 15 is 0 Å². The quantitative estimate of drug-likeness (QED) is 0.648. The highest BCUT2D eigenvalue weighted by molar-refractivity contribution is 8.00. The third-order valence-electron chi connectivity index (χ3n) is 3.58. The Morgan fingerprint density at radius 3 is 3.23 bits per heavy atom. The van der Waals surface area contributed by atoms with Crippen LogP contribution in [0.25, 0.3) is 10.2 Å². The number of carbonyl (C=O) groups excluding carboxylic acids is 1. The summed E-state index contributed by atoms with van der Waals surface area (Å²) in [4.78, 5) is 22.8. The summed E-state index contributed by atoms with van der Waals surface area (Å²) in [6.07, 6.45) is 4.88. The van der Waals surface area contributed by atoms with Crippen molar-refractivity contribution in [2.45, 2.75) is 37.3 Å². The molecule has 7 heteroatoms. The zero-order valence-electron chi connectivity index (χ0n) is 12.5. The van der Waals surface area contributed by atoms with Gasteiger partial charge in [-0.3, -0.25) is 4.79 Å². The molecule has 1 N–H and O–H groups in total. The number of ether oxygens (including phenoxy) is 1. The van der Waals surface area contributed by atoms with Crippen LogP contribution in [-0.2, 0) is 16.0 Å². The number of aromatic nitrogens is 2. The predicted molar refractivity (Wildman–Crippen MR) is 89.5 cm³/mol. The smallest absolute Gasteiger partial charge is 0.230 e. The number of nitrogens with zero attached hydrogens (tertiary/aromatic N) is 2. The molecule has 0 spiro atoms. The van der Waals surface area contributed by atoms with Crippen LogP contribution in [0.5, 0.6) is 0 Å². The minimum Gasteiger partial charge on any atom is -0.376 e. The minimum atomic E-state index is 0.0261. The lowest BCUT2D eigenvalue weighted by Crippen LogP contribution is -2.32. The van der Waals surface area contributed by atoms with Gasteiger partial charge in [-0.05, 0) is 25.3 Å². The maximum Gasteiger partial charge on any atom is 0.230 e. The first-order valence-corrected chi connectivity index (χ1v) is 9.31. The second-order valence-corrected chi connectivity index (χ2v) is 7.27. The Labute approximate surface area is 137 Å². The van der Waals surface area contributed by atoms with Crippen LogP contribution in [0.3, 0.4) is 0 Å². The lowest BCUT2D eigenvalue weighted by molar-refractivity contribution is -0.119. The Morgan fingerprint density at radius 1 is 1.55 bits per heavy atom. The van der Waals surface area contributed by atoms with Gasteiger partial charge < -0.3 is 10.1 Å². The fourth-order valence-electron chi connectivity index (χ4n) is 2.39. The summed E-state index contributed by atoms with van der Waals surface area (Å²) in [7, 11) is 0. The summed E-state index contributed by atoms with van der Waals surface area (Å²) in [6, 6.07) is 2.13. The van der Waals surface area contributed by atoms with Crippen LogP contribution in [-0.4, -0.2) is 40.9 Å². The molecule has 118 valence electrons. The molecular formula is C15H19N3O2S2. The van der Waals surface area contributed by atoms with Crippen molar-refractivity contribution in [3.05, 3.63) is 17.3 Å². The van der Waals surface area contributed by atoms with Gasteiger partial charge in [-0.2, -0.15) is 0 Å². The van der Waals surface area contributed by atoms with E-state index in [-0.39, 0.29) is 12.0 Å². The highest BCUT2D eigenvalue weighted by Gasteiger charge is 2.16. The van der Waals surface area contributed by atoms with Crippen molar-refractivity contribution in [2.75, 3.05) is 18.9 Å².